The lowest BCUT2D eigenvalue weighted by Crippen LogP contribution is -2.35. The first kappa shape index (κ1) is 22.0. The van der Waals surface area contributed by atoms with E-state index in [9.17, 15) is 9.59 Å². The minimum absolute atomic E-state index is 0.273. The van der Waals surface area contributed by atoms with E-state index in [1.54, 1.807) is 19.1 Å². The van der Waals surface area contributed by atoms with Gasteiger partial charge >= 0.3 is 5.97 Å². The Bertz CT molecular complexity index is 858. The van der Waals surface area contributed by atoms with Gasteiger partial charge in [0.05, 0.1) is 18.8 Å². The molecule has 1 heterocycles. The first-order valence-corrected chi connectivity index (χ1v) is 10.4. The molecule has 0 spiro atoms. The Morgan fingerprint density at radius 3 is 2.37 bits per heavy atom. The fourth-order valence-electron chi connectivity index (χ4n) is 3.39. The van der Waals surface area contributed by atoms with Gasteiger partial charge in [-0.15, -0.1) is 0 Å². The number of amides is 1. The van der Waals surface area contributed by atoms with Gasteiger partial charge in [-0.05, 0) is 42.2 Å². The predicted molar refractivity (Wildman–Crippen MR) is 117 cm³/mol. The van der Waals surface area contributed by atoms with Crippen molar-refractivity contribution in [3.8, 4) is 0 Å². The van der Waals surface area contributed by atoms with Crippen LogP contribution in [0.5, 0.6) is 0 Å². The number of nitrogens with zero attached hydrogens (tertiary/aromatic N) is 1. The molecule has 0 bridgehead atoms. The van der Waals surface area contributed by atoms with E-state index in [-0.39, 0.29) is 11.8 Å². The number of anilines is 1. The van der Waals surface area contributed by atoms with Crippen molar-refractivity contribution in [1.29, 1.82) is 0 Å². The number of benzene rings is 2. The molecule has 1 amide bonds. The Morgan fingerprint density at radius 1 is 1.03 bits per heavy atom. The number of morpholine rings is 1. The summed E-state index contributed by atoms with van der Waals surface area (Å²) in [6.07, 6.45) is -0.897. The van der Waals surface area contributed by atoms with Gasteiger partial charge in [0, 0.05) is 25.3 Å². The summed E-state index contributed by atoms with van der Waals surface area (Å²) in [4.78, 5) is 27.3. The molecule has 0 aliphatic carbocycles. The number of carbonyl (C=O) groups excluding carboxylic acids is 2. The van der Waals surface area contributed by atoms with Gasteiger partial charge in [-0.25, -0.2) is 4.79 Å². The number of hydrogen-bond acceptors (Lipinski definition) is 5. The summed E-state index contributed by atoms with van der Waals surface area (Å²) in [7, 11) is 0. The SMILES string of the molecule is CC(C)c1ccccc1NC(=O)[C@@H](C)OC(=O)c1ccc(CN2CCOCC2)cc1. The Hall–Kier alpha value is -2.70. The summed E-state index contributed by atoms with van der Waals surface area (Å²) in [5, 5.41) is 2.87. The van der Waals surface area contributed by atoms with Crippen molar-refractivity contribution in [3.63, 3.8) is 0 Å². The van der Waals surface area contributed by atoms with E-state index >= 15 is 0 Å². The Kier molecular flexibility index (Phi) is 7.60. The van der Waals surface area contributed by atoms with Gasteiger partial charge in [-0.3, -0.25) is 9.69 Å². The van der Waals surface area contributed by atoms with Crippen LogP contribution in [0.4, 0.5) is 5.69 Å². The quantitative estimate of drug-likeness (QED) is 0.703. The standard InChI is InChI=1S/C24H30N2O4/c1-17(2)21-6-4-5-7-22(21)25-23(27)18(3)30-24(28)20-10-8-19(9-11-20)16-26-12-14-29-15-13-26/h4-11,17-18H,12-16H2,1-3H3,(H,25,27)/t18-/m1/s1. The highest BCUT2D eigenvalue weighted by atomic mass is 16.5. The molecular formula is C24H30N2O4. The number of para-hydroxylation sites is 1. The van der Waals surface area contributed by atoms with Crippen molar-refractivity contribution in [2.75, 3.05) is 31.6 Å². The summed E-state index contributed by atoms with van der Waals surface area (Å²) in [5.74, 6) is -0.580. The molecule has 2 aromatic carbocycles. The van der Waals surface area contributed by atoms with Crippen LogP contribution in [0.2, 0.25) is 0 Å². The summed E-state index contributed by atoms with van der Waals surface area (Å²) >= 11 is 0. The third-order valence-corrected chi connectivity index (χ3v) is 5.19. The highest BCUT2D eigenvalue weighted by Gasteiger charge is 2.20. The molecule has 0 saturated carbocycles. The maximum absolute atomic E-state index is 12.5. The molecule has 0 radical (unpaired) electrons. The first-order chi connectivity index (χ1) is 14.4. The Balaban J connectivity index is 1.55. The van der Waals surface area contributed by atoms with Crippen LogP contribution in [-0.2, 0) is 20.8 Å². The molecule has 6 heteroatoms. The van der Waals surface area contributed by atoms with E-state index in [0.29, 0.717) is 5.56 Å². The van der Waals surface area contributed by atoms with Gasteiger partial charge in [0.1, 0.15) is 0 Å². The second-order valence-electron chi connectivity index (χ2n) is 7.86. The average molecular weight is 411 g/mol. The van der Waals surface area contributed by atoms with Gasteiger partial charge in [-0.2, -0.15) is 0 Å². The van der Waals surface area contributed by atoms with Crippen LogP contribution in [-0.4, -0.2) is 49.2 Å². The zero-order valence-electron chi connectivity index (χ0n) is 17.9. The molecule has 1 aliphatic heterocycles. The molecule has 6 nitrogen and oxygen atoms in total. The van der Waals surface area contributed by atoms with E-state index in [1.165, 1.54) is 0 Å². The number of esters is 1. The molecule has 0 unspecified atom stereocenters. The third kappa shape index (κ3) is 5.90. The van der Waals surface area contributed by atoms with Crippen molar-refractivity contribution in [1.82, 2.24) is 4.90 Å². The molecule has 1 N–H and O–H groups in total. The fraction of sp³-hybridized carbons (Fsp3) is 0.417. The maximum atomic E-state index is 12.5. The molecular weight excluding hydrogens is 380 g/mol. The van der Waals surface area contributed by atoms with Crippen LogP contribution in [0.1, 0.15) is 48.2 Å². The fourth-order valence-corrected chi connectivity index (χ4v) is 3.39. The molecule has 3 rings (SSSR count). The lowest BCUT2D eigenvalue weighted by atomic mass is 10.0. The number of hydrogen-bond donors (Lipinski definition) is 1. The van der Waals surface area contributed by atoms with E-state index in [2.05, 4.69) is 24.1 Å². The van der Waals surface area contributed by atoms with Gasteiger partial charge in [-0.1, -0.05) is 44.2 Å². The molecule has 1 saturated heterocycles. The van der Waals surface area contributed by atoms with Crippen molar-refractivity contribution in [3.05, 3.63) is 65.2 Å². The topological polar surface area (TPSA) is 67.9 Å². The average Bonchev–Trinajstić information content (AvgIpc) is 2.75. The number of rotatable bonds is 7. The predicted octanol–water partition coefficient (Wildman–Crippen LogP) is 3.83. The minimum atomic E-state index is -0.897. The zero-order chi connectivity index (χ0) is 21.5. The van der Waals surface area contributed by atoms with E-state index in [4.69, 9.17) is 9.47 Å². The second-order valence-corrected chi connectivity index (χ2v) is 7.86. The normalized spacial score (nSPS) is 15.6. The first-order valence-electron chi connectivity index (χ1n) is 10.4. The highest BCUT2D eigenvalue weighted by Crippen LogP contribution is 2.24. The Morgan fingerprint density at radius 2 is 1.70 bits per heavy atom. The summed E-state index contributed by atoms with van der Waals surface area (Å²) in [5.41, 5.74) is 3.35. The molecule has 1 aliphatic rings. The highest BCUT2D eigenvalue weighted by molar-refractivity contribution is 5.97. The van der Waals surface area contributed by atoms with Gasteiger partial charge in [0.2, 0.25) is 0 Å². The van der Waals surface area contributed by atoms with Crippen molar-refractivity contribution < 1.29 is 19.1 Å². The zero-order valence-corrected chi connectivity index (χ0v) is 17.9. The van der Waals surface area contributed by atoms with E-state index < -0.39 is 12.1 Å². The largest absolute Gasteiger partial charge is 0.449 e. The smallest absolute Gasteiger partial charge is 0.338 e. The lowest BCUT2D eigenvalue weighted by Gasteiger charge is -2.26. The molecule has 0 aromatic heterocycles. The van der Waals surface area contributed by atoms with Crippen LogP contribution < -0.4 is 5.32 Å². The van der Waals surface area contributed by atoms with Crippen molar-refractivity contribution in [2.24, 2.45) is 0 Å². The molecule has 30 heavy (non-hydrogen) atoms. The van der Waals surface area contributed by atoms with Crippen LogP contribution in [0.3, 0.4) is 0 Å². The second kappa shape index (κ2) is 10.4. The maximum Gasteiger partial charge on any atom is 0.338 e. The molecule has 1 fully saturated rings. The van der Waals surface area contributed by atoms with Crippen LogP contribution >= 0.6 is 0 Å². The van der Waals surface area contributed by atoms with Crippen molar-refractivity contribution >= 4 is 17.6 Å². The summed E-state index contributed by atoms with van der Waals surface area (Å²) < 4.78 is 10.7. The van der Waals surface area contributed by atoms with Crippen LogP contribution in [0.15, 0.2) is 48.5 Å². The lowest BCUT2D eigenvalue weighted by molar-refractivity contribution is -0.123. The Labute approximate surface area is 178 Å². The van der Waals surface area contributed by atoms with Gasteiger partial charge in [0.25, 0.3) is 5.91 Å². The molecule has 160 valence electrons. The van der Waals surface area contributed by atoms with Gasteiger partial charge in [0.15, 0.2) is 6.10 Å². The number of carbonyl (C=O) groups is 2. The minimum Gasteiger partial charge on any atom is -0.449 e. The molecule has 1 atom stereocenters. The van der Waals surface area contributed by atoms with Crippen LogP contribution in [0.25, 0.3) is 0 Å². The number of nitrogens with one attached hydrogen (secondary N) is 1. The third-order valence-electron chi connectivity index (χ3n) is 5.19. The summed E-state index contributed by atoms with van der Waals surface area (Å²) in [6.45, 7) is 9.88. The van der Waals surface area contributed by atoms with Gasteiger partial charge < -0.3 is 14.8 Å². The van der Waals surface area contributed by atoms with Crippen LogP contribution in [0, 0.1) is 0 Å². The van der Waals surface area contributed by atoms with Crippen molar-refractivity contribution in [2.45, 2.75) is 39.3 Å². The number of ether oxygens (including phenoxy) is 2. The monoisotopic (exact) mass is 410 g/mol. The van der Waals surface area contributed by atoms with E-state index in [1.807, 2.05) is 36.4 Å². The van der Waals surface area contributed by atoms with E-state index in [0.717, 1.165) is 49.7 Å². The molecule has 2 aromatic rings. The summed E-state index contributed by atoms with van der Waals surface area (Å²) in [6, 6.07) is 15.0.